The van der Waals surface area contributed by atoms with Crippen LogP contribution >= 0.6 is 0 Å². The molecule has 3 fully saturated rings. The summed E-state index contributed by atoms with van der Waals surface area (Å²) in [6, 6.07) is 0. The van der Waals surface area contributed by atoms with Crippen molar-refractivity contribution in [3.8, 4) is 0 Å². The molecular formula is C13H21BF2O2. The molecule has 1 heterocycles. The highest BCUT2D eigenvalue weighted by atomic mass is 19.3. The first-order chi connectivity index (χ1) is 8.11. The standard InChI is InChI=1S/C13H21BF2O2/c1-11(2)12(3,4)18-14(17-11)10-5-9(10)8-6-13(15,16)7-8/h8-10H,5-7H2,1-4H3/t9-,10+/m1/s1. The number of halogens is 2. The molecule has 1 aliphatic heterocycles. The summed E-state index contributed by atoms with van der Waals surface area (Å²) in [4.78, 5) is 0. The minimum Gasteiger partial charge on any atom is -0.403 e. The molecule has 2 saturated carbocycles. The van der Waals surface area contributed by atoms with E-state index in [4.69, 9.17) is 9.31 Å². The number of hydrogen-bond donors (Lipinski definition) is 0. The van der Waals surface area contributed by atoms with Crippen molar-refractivity contribution in [3.63, 3.8) is 0 Å². The topological polar surface area (TPSA) is 18.5 Å². The van der Waals surface area contributed by atoms with Crippen molar-refractivity contribution in [1.82, 2.24) is 0 Å². The fourth-order valence-electron chi connectivity index (χ4n) is 3.16. The molecule has 18 heavy (non-hydrogen) atoms. The number of hydrogen-bond acceptors (Lipinski definition) is 2. The lowest BCUT2D eigenvalue weighted by Gasteiger charge is -2.35. The van der Waals surface area contributed by atoms with Crippen LogP contribution in [0.4, 0.5) is 8.78 Å². The summed E-state index contributed by atoms with van der Waals surface area (Å²) in [5.41, 5.74) is -0.622. The molecule has 0 spiro atoms. The highest BCUT2D eigenvalue weighted by Gasteiger charge is 2.63. The van der Waals surface area contributed by atoms with Gasteiger partial charge in [0.1, 0.15) is 0 Å². The Morgan fingerprint density at radius 1 is 1.00 bits per heavy atom. The third kappa shape index (κ3) is 1.90. The van der Waals surface area contributed by atoms with Crippen LogP contribution in [0, 0.1) is 11.8 Å². The molecule has 0 aromatic carbocycles. The Morgan fingerprint density at radius 2 is 1.50 bits per heavy atom. The summed E-state index contributed by atoms with van der Waals surface area (Å²) in [5.74, 6) is -1.51. The summed E-state index contributed by atoms with van der Waals surface area (Å²) in [7, 11) is -0.200. The van der Waals surface area contributed by atoms with Crippen LogP contribution in [0.2, 0.25) is 5.82 Å². The van der Waals surface area contributed by atoms with Crippen molar-refractivity contribution in [1.29, 1.82) is 0 Å². The Kier molecular flexibility index (Phi) is 2.49. The molecule has 2 nitrogen and oxygen atoms in total. The normalized spacial score (nSPS) is 40.7. The van der Waals surface area contributed by atoms with Crippen molar-refractivity contribution in [2.24, 2.45) is 11.8 Å². The molecule has 2 atom stereocenters. The van der Waals surface area contributed by atoms with E-state index in [1.54, 1.807) is 0 Å². The van der Waals surface area contributed by atoms with Gasteiger partial charge in [0, 0.05) is 12.8 Å². The Morgan fingerprint density at radius 3 is 1.94 bits per heavy atom. The smallest absolute Gasteiger partial charge is 0.403 e. The van der Waals surface area contributed by atoms with E-state index in [1.807, 2.05) is 27.7 Å². The second kappa shape index (κ2) is 3.48. The zero-order valence-corrected chi connectivity index (χ0v) is 11.5. The van der Waals surface area contributed by atoms with Crippen LogP contribution in [0.5, 0.6) is 0 Å². The predicted octanol–water partition coefficient (Wildman–Crippen LogP) is 3.51. The van der Waals surface area contributed by atoms with Crippen LogP contribution in [0.15, 0.2) is 0 Å². The molecule has 0 bridgehead atoms. The van der Waals surface area contributed by atoms with E-state index in [0.29, 0.717) is 11.7 Å². The first kappa shape index (κ1) is 12.9. The van der Waals surface area contributed by atoms with E-state index in [1.165, 1.54) is 0 Å². The van der Waals surface area contributed by atoms with Gasteiger partial charge < -0.3 is 9.31 Å². The Bertz CT molecular complexity index is 346. The molecule has 1 saturated heterocycles. The summed E-state index contributed by atoms with van der Waals surface area (Å²) >= 11 is 0. The van der Waals surface area contributed by atoms with Gasteiger partial charge in [-0.1, -0.05) is 0 Å². The van der Waals surface area contributed by atoms with Gasteiger partial charge in [-0.3, -0.25) is 0 Å². The predicted molar refractivity (Wildman–Crippen MR) is 65.6 cm³/mol. The van der Waals surface area contributed by atoms with Gasteiger partial charge in [-0.15, -0.1) is 0 Å². The van der Waals surface area contributed by atoms with Crippen molar-refractivity contribution < 1.29 is 18.1 Å². The Labute approximate surface area is 108 Å². The summed E-state index contributed by atoms with van der Waals surface area (Å²) < 4.78 is 37.7. The van der Waals surface area contributed by atoms with Crippen LogP contribution in [-0.2, 0) is 9.31 Å². The largest absolute Gasteiger partial charge is 0.461 e. The van der Waals surface area contributed by atoms with E-state index >= 15 is 0 Å². The van der Waals surface area contributed by atoms with E-state index < -0.39 is 5.92 Å². The maximum Gasteiger partial charge on any atom is 0.461 e. The van der Waals surface area contributed by atoms with Gasteiger partial charge in [-0.05, 0) is 51.8 Å². The monoisotopic (exact) mass is 258 g/mol. The molecule has 102 valence electrons. The quantitative estimate of drug-likeness (QED) is 0.705. The average molecular weight is 258 g/mol. The molecule has 0 aromatic heterocycles. The van der Waals surface area contributed by atoms with Gasteiger partial charge in [-0.25, -0.2) is 8.78 Å². The molecule has 3 rings (SSSR count). The molecule has 5 heteroatoms. The zero-order valence-electron chi connectivity index (χ0n) is 11.5. The SMILES string of the molecule is CC1(C)OB([C@H]2C[C@@H]2C2CC(F)(F)C2)OC1(C)C. The third-order valence-corrected chi connectivity index (χ3v) is 5.24. The molecule has 0 amide bonds. The van der Waals surface area contributed by atoms with E-state index in [9.17, 15) is 8.78 Å². The second-order valence-electron chi connectivity index (χ2n) is 7.21. The van der Waals surface area contributed by atoms with Gasteiger partial charge in [0.05, 0.1) is 11.2 Å². The number of rotatable bonds is 2. The lowest BCUT2D eigenvalue weighted by molar-refractivity contribution is -0.116. The van der Waals surface area contributed by atoms with Gasteiger partial charge in [0.2, 0.25) is 5.92 Å². The van der Waals surface area contributed by atoms with Crippen LogP contribution in [-0.4, -0.2) is 24.2 Å². The maximum absolute atomic E-state index is 12.9. The summed E-state index contributed by atoms with van der Waals surface area (Å²) in [5, 5.41) is 0. The Hall–Kier alpha value is -0.155. The fourth-order valence-corrected chi connectivity index (χ4v) is 3.16. The van der Waals surface area contributed by atoms with E-state index in [0.717, 1.165) is 6.42 Å². The van der Waals surface area contributed by atoms with Crippen molar-refractivity contribution in [3.05, 3.63) is 0 Å². The van der Waals surface area contributed by atoms with Crippen molar-refractivity contribution >= 4 is 7.12 Å². The van der Waals surface area contributed by atoms with Crippen molar-refractivity contribution in [2.45, 2.75) is 69.9 Å². The molecule has 0 unspecified atom stereocenters. The summed E-state index contributed by atoms with van der Waals surface area (Å²) in [6.45, 7) is 8.12. The van der Waals surface area contributed by atoms with Gasteiger partial charge in [0.25, 0.3) is 0 Å². The molecule has 0 radical (unpaired) electrons. The highest BCUT2D eigenvalue weighted by Crippen LogP contribution is 2.62. The van der Waals surface area contributed by atoms with Crippen LogP contribution < -0.4 is 0 Å². The molecule has 3 aliphatic rings. The molecule has 0 N–H and O–H groups in total. The lowest BCUT2D eigenvalue weighted by Crippen LogP contribution is -2.41. The van der Waals surface area contributed by atoms with Crippen LogP contribution in [0.1, 0.15) is 47.0 Å². The molecule has 2 aliphatic carbocycles. The van der Waals surface area contributed by atoms with E-state index in [2.05, 4.69) is 0 Å². The first-order valence-electron chi connectivity index (χ1n) is 6.85. The molecular weight excluding hydrogens is 237 g/mol. The molecule has 0 aromatic rings. The second-order valence-corrected chi connectivity index (χ2v) is 7.21. The first-order valence-corrected chi connectivity index (χ1v) is 6.85. The summed E-state index contributed by atoms with van der Waals surface area (Å²) in [6.07, 6.45) is 1.11. The van der Waals surface area contributed by atoms with Gasteiger partial charge in [0.15, 0.2) is 0 Å². The minimum atomic E-state index is -2.41. The zero-order chi connectivity index (χ0) is 13.3. The minimum absolute atomic E-state index is 0.0632. The van der Waals surface area contributed by atoms with Gasteiger partial charge in [-0.2, -0.15) is 0 Å². The van der Waals surface area contributed by atoms with Gasteiger partial charge >= 0.3 is 7.12 Å². The van der Waals surface area contributed by atoms with E-state index in [-0.39, 0.29) is 37.1 Å². The Balaban J connectivity index is 1.57. The highest BCUT2D eigenvalue weighted by molar-refractivity contribution is 6.48. The average Bonchev–Trinajstić information content (AvgIpc) is 2.86. The lowest BCUT2D eigenvalue weighted by atomic mass is 9.72. The van der Waals surface area contributed by atoms with Crippen LogP contribution in [0.3, 0.4) is 0 Å². The fraction of sp³-hybridized carbons (Fsp3) is 1.00. The number of alkyl halides is 2. The van der Waals surface area contributed by atoms with Crippen molar-refractivity contribution in [2.75, 3.05) is 0 Å². The van der Waals surface area contributed by atoms with Crippen LogP contribution in [0.25, 0.3) is 0 Å². The maximum atomic E-state index is 12.9. The third-order valence-electron chi connectivity index (χ3n) is 5.24.